The molecule has 1 aromatic carbocycles. The van der Waals surface area contributed by atoms with E-state index >= 15 is 0 Å². The van der Waals surface area contributed by atoms with Gasteiger partial charge in [0.25, 0.3) is 0 Å². The Morgan fingerprint density at radius 3 is 2.52 bits per heavy atom. The molecule has 3 N–H and O–H groups in total. The molecule has 0 spiro atoms. The Morgan fingerprint density at radius 2 is 1.87 bits per heavy atom. The van der Waals surface area contributed by atoms with Gasteiger partial charge in [-0.1, -0.05) is 0 Å². The minimum absolute atomic E-state index is 0.0900. The molecule has 2 rings (SSSR count). The smallest absolute Gasteiger partial charge is 0.243 e. The van der Waals surface area contributed by atoms with Crippen LogP contribution in [0.2, 0.25) is 0 Å². The number of methoxy groups -OCH3 is 1. The molecule has 0 saturated heterocycles. The zero-order valence-electron chi connectivity index (χ0n) is 12.8. The lowest BCUT2D eigenvalue weighted by Gasteiger charge is -2.08. The van der Waals surface area contributed by atoms with Gasteiger partial charge in [0.15, 0.2) is 0 Å². The summed E-state index contributed by atoms with van der Waals surface area (Å²) in [6.45, 7) is 0.474. The summed E-state index contributed by atoms with van der Waals surface area (Å²) in [6, 6.07) is 10.5. The average Bonchev–Trinajstić information content (AvgIpc) is 3.07. The molecule has 0 saturated carbocycles. The third kappa shape index (κ3) is 5.84. The summed E-state index contributed by atoms with van der Waals surface area (Å²) in [5, 5.41) is 8.14. The highest BCUT2D eigenvalue weighted by Gasteiger charge is 2.06. The number of carbonyl (C=O) groups excluding carboxylic acids is 2. The van der Waals surface area contributed by atoms with E-state index in [1.165, 1.54) is 0 Å². The van der Waals surface area contributed by atoms with Crippen LogP contribution >= 0.6 is 0 Å². The first-order chi connectivity index (χ1) is 11.2. The van der Waals surface area contributed by atoms with E-state index in [0.29, 0.717) is 18.0 Å². The van der Waals surface area contributed by atoms with E-state index in [-0.39, 0.29) is 24.9 Å². The number of ether oxygens (including phenoxy) is 1. The fraction of sp³-hybridized carbons (Fsp3) is 0.250. The molecular formula is C16H19N3O4. The zero-order chi connectivity index (χ0) is 16.5. The Labute approximate surface area is 134 Å². The molecule has 7 nitrogen and oxygen atoms in total. The largest absolute Gasteiger partial charge is 0.497 e. The van der Waals surface area contributed by atoms with Gasteiger partial charge in [-0.15, -0.1) is 0 Å². The number of hydrogen-bond donors (Lipinski definition) is 3. The molecule has 2 amide bonds. The average molecular weight is 317 g/mol. The molecule has 0 atom stereocenters. The standard InChI is InChI=1S/C16H19N3O4/c1-22-13-6-4-12(5-7-13)19-16(21)11-18-15(20)10-17-9-14-3-2-8-23-14/h2-8,17H,9-11H2,1H3,(H,18,20)(H,19,21). The maximum atomic E-state index is 11.7. The Kier molecular flexibility index (Phi) is 6.19. The van der Waals surface area contributed by atoms with Gasteiger partial charge in [0, 0.05) is 5.69 Å². The van der Waals surface area contributed by atoms with Crippen molar-refractivity contribution in [3.8, 4) is 5.75 Å². The molecule has 1 aromatic heterocycles. The van der Waals surface area contributed by atoms with E-state index in [2.05, 4.69) is 16.0 Å². The van der Waals surface area contributed by atoms with Crippen LogP contribution in [0.1, 0.15) is 5.76 Å². The van der Waals surface area contributed by atoms with Crippen LogP contribution < -0.4 is 20.7 Å². The van der Waals surface area contributed by atoms with Crippen LogP contribution in [0.15, 0.2) is 47.1 Å². The van der Waals surface area contributed by atoms with Gasteiger partial charge in [0.2, 0.25) is 11.8 Å². The van der Waals surface area contributed by atoms with Crippen molar-refractivity contribution in [2.75, 3.05) is 25.5 Å². The molecule has 23 heavy (non-hydrogen) atoms. The number of rotatable bonds is 8. The second-order valence-corrected chi connectivity index (χ2v) is 4.74. The molecule has 0 unspecified atom stereocenters. The number of anilines is 1. The zero-order valence-corrected chi connectivity index (χ0v) is 12.8. The van der Waals surface area contributed by atoms with Crippen LogP contribution in [0.5, 0.6) is 5.75 Å². The molecule has 7 heteroatoms. The molecule has 0 aliphatic rings. The summed E-state index contributed by atoms with van der Waals surface area (Å²) >= 11 is 0. The third-order valence-corrected chi connectivity index (χ3v) is 2.98. The molecule has 0 fully saturated rings. The van der Waals surface area contributed by atoms with E-state index < -0.39 is 0 Å². The van der Waals surface area contributed by atoms with Gasteiger partial charge >= 0.3 is 0 Å². The second-order valence-electron chi connectivity index (χ2n) is 4.74. The van der Waals surface area contributed by atoms with Gasteiger partial charge in [-0.3, -0.25) is 9.59 Å². The van der Waals surface area contributed by atoms with Crippen LogP contribution in [0.4, 0.5) is 5.69 Å². The molecule has 0 bridgehead atoms. The van der Waals surface area contributed by atoms with E-state index in [4.69, 9.17) is 9.15 Å². The Morgan fingerprint density at radius 1 is 1.09 bits per heavy atom. The Balaban J connectivity index is 1.63. The van der Waals surface area contributed by atoms with Gasteiger partial charge in [0.1, 0.15) is 11.5 Å². The number of hydrogen-bond acceptors (Lipinski definition) is 5. The summed E-state index contributed by atoms with van der Waals surface area (Å²) in [4.78, 5) is 23.4. The van der Waals surface area contributed by atoms with Crippen molar-refractivity contribution in [3.05, 3.63) is 48.4 Å². The second kappa shape index (κ2) is 8.60. The highest BCUT2D eigenvalue weighted by molar-refractivity contribution is 5.94. The summed E-state index contributed by atoms with van der Waals surface area (Å²) in [5.74, 6) is 0.893. The van der Waals surface area contributed by atoms with E-state index in [1.807, 2.05) is 6.07 Å². The number of furan rings is 1. The van der Waals surface area contributed by atoms with Gasteiger partial charge in [0.05, 0.1) is 33.0 Å². The normalized spacial score (nSPS) is 10.1. The lowest BCUT2D eigenvalue weighted by Crippen LogP contribution is -2.38. The first-order valence-electron chi connectivity index (χ1n) is 7.11. The van der Waals surface area contributed by atoms with E-state index in [0.717, 1.165) is 5.76 Å². The maximum Gasteiger partial charge on any atom is 0.243 e. The highest BCUT2D eigenvalue weighted by Crippen LogP contribution is 2.14. The van der Waals surface area contributed by atoms with Crippen LogP contribution in [0.3, 0.4) is 0 Å². The van der Waals surface area contributed by atoms with E-state index in [9.17, 15) is 9.59 Å². The van der Waals surface area contributed by atoms with Crippen molar-refractivity contribution in [1.82, 2.24) is 10.6 Å². The summed E-state index contributed by atoms with van der Waals surface area (Å²) in [6.07, 6.45) is 1.57. The maximum absolute atomic E-state index is 11.7. The number of nitrogens with one attached hydrogen (secondary N) is 3. The summed E-state index contributed by atoms with van der Waals surface area (Å²) < 4.78 is 10.2. The number of amides is 2. The molecule has 0 aliphatic carbocycles. The van der Waals surface area contributed by atoms with Gasteiger partial charge in [-0.2, -0.15) is 0 Å². The van der Waals surface area contributed by atoms with Crippen LogP contribution in [0, 0.1) is 0 Å². The quantitative estimate of drug-likeness (QED) is 0.679. The first-order valence-corrected chi connectivity index (χ1v) is 7.11. The van der Waals surface area contributed by atoms with Crippen molar-refractivity contribution >= 4 is 17.5 Å². The summed E-state index contributed by atoms with van der Waals surface area (Å²) in [7, 11) is 1.57. The minimum atomic E-state index is -0.297. The molecule has 1 heterocycles. The van der Waals surface area contributed by atoms with Crippen molar-refractivity contribution in [3.63, 3.8) is 0 Å². The SMILES string of the molecule is COc1ccc(NC(=O)CNC(=O)CNCc2ccco2)cc1. The predicted molar refractivity (Wildman–Crippen MR) is 85.0 cm³/mol. The molecule has 0 aliphatic heterocycles. The van der Waals surface area contributed by atoms with Gasteiger partial charge in [-0.05, 0) is 36.4 Å². The van der Waals surface area contributed by atoms with Crippen LogP contribution in [0.25, 0.3) is 0 Å². The number of carbonyl (C=O) groups is 2. The predicted octanol–water partition coefficient (Wildman–Crippen LogP) is 1.13. The molecule has 2 aromatic rings. The monoisotopic (exact) mass is 317 g/mol. The lowest BCUT2D eigenvalue weighted by atomic mass is 10.3. The molecule has 0 radical (unpaired) electrons. The molecular weight excluding hydrogens is 298 g/mol. The van der Waals surface area contributed by atoms with Crippen molar-refractivity contribution in [1.29, 1.82) is 0 Å². The lowest BCUT2D eigenvalue weighted by molar-refractivity contribution is -0.123. The minimum Gasteiger partial charge on any atom is -0.497 e. The third-order valence-electron chi connectivity index (χ3n) is 2.98. The van der Waals surface area contributed by atoms with Crippen molar-refractivity contribution < 1.29 is 18.7 Å². The van der Waals surface area contributed by atoms with Crippen molar-refractivity contribution in [2.24, 2.45) is 0 Å². The summed E-state index contributed by atoms with van der Waals surface area (Å²) in [5.41, 5.74) is 0.640. The Bertz CT molecular complexity index is 623. The first kappa shape index (κ1) is 16.6. The fourth-order valence-electron chi connectivity index (χ4n) is 1.83. The van der Waals surface area contributed by atoms with Crippen LogP contribution in [-0.2, 0) is 16.1 Å². The van der Waals surface area contributed by atoms with Crippen molar-refractivity contribution in [2.45, 2.75) is 6.54 Å². The topological polar surface area (TPSA) is 92.6 Å². The number of benzene rings is 1. The fourth-order valence-corrected chi connectivity index (χ4v) is 1.83. The van der Waals surface area contributed by atoms with Gasteiger partial charge < -0.3 is 25.1 Å². The van der Waals surface area contributed by atoms with E-state index in [1.54, 1.807) is 43.7 Å². The van der Waals surface area contributed by atoms with Gasteiger partial charge in [-0.25, -0.2) is 0 Å². The molecule has 122 valence electrons. The highest BCUT2D eigenvalue weighted by atomic mass is 16.5. The Hall–Kier alpha value is -2.80. The van der Waals surface area contributed by atoms with Crippen LogP contribution in [-0.4, -0.2) is 32.0 Å².